The lowest BCUT2D eigenvalue weighted by Crippen LogP contribution is -2.46. The number of rotatable bonds is 5. The van der Waals surface area contributed by atoms with Crippen molar-refractivity contribution in [3.8, 4) is 11.3 Å². The number of sulfone groups is 1. The van der Waals surface area contributed by atoms with E-state index in [1.807, 2.05) is 30.3 Å². The van der Waals surface area contributed by atoms with E-state index in [2.05, 4.69) is 5.32 Å². The van der Waals surface area contributed by atoms with Crippen molar-refractivity contribution in [2.45, 2.75) is 37.5 Å². The standard InChI is InChI=1S/C23H23NO5S/c1-14-19(25)17-10-7-11-18(21(17)29-20(14)16-8-5-4-6-9-16)22(26)24-15(2)23(12-13-23)30(3,27)28/h4-11,15H,12-13H2,1-3H3,(H,24,26). The van der Waals surface area contributed by atoms with Crippen LogP contribution in [0.3, 0.4) is 0 Å². The Labute approximate surface area is 174 Å². The minimum absolute atomic E-state index is 0.195. The first-order valence-electron chi connectivity index (χ1n) is 9.78. The Kier molecular flexibility index (Phi) is 4.81. The van der Waals surface area contributed by atoms with Gasteiger partial charge in [-0.3, -0.25) is 9.59 Å². The Balaban J connectivity index is 1.79. The molecule has 1 aromatic heterocycles. The molecule has 1 aliphatic rings. The van der Waals surface area contributed by atoms with Crippen LogP contribution in [0.15, 0.2) is 57.7 Å². The van der Waals surface area contributed by atoms with E-state index >= 15 is 0 Å². The summed E-state index contributed by atoms with van der Waals surface area (Å²) in [7, 11) is -3.30. The summed E-state index contributed by atoms with van der Waals surface area (Å²) in [6, 6.07) is 13.5. The molecular formula is C23H23NO5S. The Bertz CT molecular complexity index is 1300. The topological polar surface area (TPSA) is 93.4 Å². The summed E-state index contributed by atoms with van der Waals surface area (Å²) in [5.74, 6) is -0.0507. The van der Waals surface area contributed by atoms with Crippen LogP contribution in [0.4, 0.5) is 0 Å². The van der Waals surface area contributed by atoms with Crippen LogP contribution in [0.1, 0.15) is 35.7 Å². The first kappa shape index (κ1) is 20.3. The molecule has 1 unspecified atom stereocenters. The zero-order valence-electron chi connectivity index (χ0n) is 17.1. The molecule has 0 spiro atoms. The molecule has 30 heavy (non-hydrogen) atoms. The normalized spacial score (nSPS) is 16.2. The van der Waals surface area contributed by atoms with Crippen molar-refractivity contribution in [2.24, 2.45) is 0 Å². The van der Waals surface area contributed by atoms with Crippen molar-refractivity contribution in [3.63, 3.8) is 0 Å². The number of hydrogen-bond acceptors (Lipinski definition) is 5. The lowest BCUT2D eigenvalue weighted by atomic mass is 10.0. The van der Waals surface area contributed by atoms with Crippen LogP contribution in [-0.4, -0.2) is 31.4 Å². The summed E-state index contributed by atoms with van der Waals surface area (Å²) < 4.78 is 29.5. The van der Waals surface area contributed by atoms with Crippen molar-refractivity contribution in [2.75, 3.05) is 6.26 Å². The molecule has 7 heteroatoms. The molecule has 0 saturated heterocycles. The number of para-hydroxylation sites is 1. The first-order chi connectivity index (χ1) is 14.2. The molecule has 6 nitrogen and oxygen atoms in total. The number of carbonyl (C=O) groups excluding carboxylic acids is 1. The second-order valence-corrected chi connectivity index (χ2v) is 10.3. The van der Waals surface area contributed by atoms with Gasteiger partial charge in [0.15, 0.2) is 20.8 Å². The maximum Gasteiger partial charge on any atom is 0.255 e. The molecule has 1 heterocycles. The van der Waals surface area contributed by atoms with Crippen LogP contribution in [-0.2, 0) is 9.84 Å². The summed E-state index contributed by atoms with van der Waals surface area (Å²) in [5, 5.41) is 3.13. The van der Waals surface area contributed by atoms with Gasteiger partial charge in [-0.15, -0.1) is 0 Å². The summed E-state index contributed by atoms with van der Waals surface area (Å²) >= 11 is 0. The van der Waals surface area contributed by atoms with Crippen molar-refractivity contribution >= 4 is 26.7 Å². The number of carbonyl (C=O) groups is 1. The summed E-state index contributed by atoms with van der Waals surface area (Å²) in [6.45, 7) is 3.40. The quantitative estimate of drug-likeness (QED) is 0.676. The van der Waals surface area contributed by atoms with Gasteiger partial charge >= 0.3 is 0 Å². The number of hydrogen-bond donors (Lipinski definition) is 1. The Morgan fingerprint density at radius 3 is 2.37 bits per heavy atom. The van der Waals surface area contributed by atoms with Gasteiger partial charge in [-0.2, -0.15) is 0 Å². The number of fused-ring (bicyclic) bond motifs is 1. The lowest BCUT2D eigenvalue weighted by Gasteiger charge is -2.23. The molecule has 1 aliphatic carbocycles. The third kappa shape index (κ3) is 3.23. The predicted octanol–water partition coefficient (Wildman–Crippen LogP) is 3.46. The third-order valence-corrected chi connectivity index (χ3v) is 8.28. The molecule has 0 radical (unpaired) electrons. The highest BCUT2D eigenvalue weighted by molar-refractivity contribution is 7.92. The maximum absolute atomic E-state index is 13.0. The molecule has 0 aliphatic heterocycles. The monoisotopic (exact) mass is 425 g/mol. The van der Waals surface area contributed by atoms with E-state index < -0.39 is 26.5 Å². The molecule has 2 aromatic carbocycles. The van der Waals surface area contributed by atoms with E-state index in [0.717, 1.165) is 5.56 Å². The molecular weight excluding hydrogens is 402 g/mol. The van der Waals surface area contributed by atoms with E-state index in [1.54, 1.807) is 32.0 Å². The van der Waals surface area contributed by atoms with Crippen LogP contribution in [0, 0.1) is 6.92 Å². The van der Waals surface area contributed by atoms with Gasteiger partial charge in [0, 0.05) is 23.4 Å². The van der Waals surface area contributed by atoms with E-state index in [-0.39, 0.29) is 16.6 Å². The highest BCUT2D eigenvalue weighted by atomic mass is 32.2. The third-order valence-electron chi connectivity index (χ3n) is 6.04. The molecule has 0 bridgehead atoms. The molecule has 4 rings (SSSR count). The first-order valence-corrected chi connectivity index (χ1v) is 11.7. The number of nitrogens with one attached hydrogen (secondary N) is 1. The molecule has 1 atom stereocenters. The van der Waals surface area contributed by atoms with Crippen LogP contribution >= 0.6 is 0 Å². The molecule has 1 amide bonds. The summed E-state index contributed by atoms with van der Waals surface area (Å²) in [6.07, 6.45) is 2.25. The second-order valence-electron chi connectivity index (χ2n) is 7.97. The van der Waals surface area contributed by atoms with E-state index in [0.29, 0.717) is 29.6 Å². The van der Waals surface area contributed by atoms with Crippen LogP contribution < -0.4 is 10.7 Å². The molecule has 1 N–H and O–H groups in total. The van der Waals surface area contributed by atoms with Crippen molar-refractivity contribution in [1.82, 2.24) is 5.32 Å². The maximum atomic E-state index is 13.0. The molecule has 156 valence electrons. The van der Waals surface area contributed by atoms with Gasteiger partial charge in [-0.05, 0) is 38.8 Å². The number of amides is 1. The average Bonchev–Trinajstić information content (AvgIpc) is 3.53. The molecule has 1 fully saturated rings. The van der Waals surface area contributed by atoms with Gasteiger partial charge in [0.05, 0.1) is 15.7 Å². The van der Waals surface area contributed by atoms with E-state index in [4.69, 9.17) is 4.42 Å². The molecule has 1 saturated carbocycles. The fraction of sp³-hybridized carbons (Fsp3) is 0.304. The van der Waals surface area contributed by atoms with Gasteiger partial charge in [-0.1, -0.05) is 36.4 Å². The van der Waals surface area contributed by atoms with E-state index in [9.17, 15) is 18.0 Å². The molecule has 3 aromatic rings. The predicted molar refractivity (Wildman–Crippen MR) is 116 cm³/mol. The average molecular weight is 426 g/mol. The minimum atomic E-state index is -3.30. The highest BCUT2D eigenvalue weighted by Crippen LogP contribution is 2.46. The zero-order valence-corrected chi connectivity index (χ0v) is 17.9. The Morgan fingerprint density at radius 1 is 1.10 bits per heavy atom. The summed E-state index contributed by atoms with van der Waals surface area (Å²) in [4.78, 5) is 26.0. The SMILES string of the molecule is Cc1c(-c2ccccc2)oc2c(C(=O)NC(C)C3(S(C)(=O)=O)CC3)cccc2c1=O. The smallest absolute Gasteiger partial charge is 0.255 e. The second kappa shape index (κ2) is 7.09. The van der Waals surface area contributed by atoms with Gasteiger partial charge in [0.1, 0.15) is 5.76 Å². The van der Waals surface area contributed by atoms with Crippen molar-refractivity contribution in [3.05, 3.63) is 69.9 Å². The minimum Gasteiger partial charge on any atom is -0.455 e. The fourth-order valence-corrected chi connectivity index (χ4v) is 5.55. The lowest BCUT2D eigenvalue weighted by molar-refractivity contribution is 0.0938. The van der Waals surface area contributed by atoms with Crippen LogP contribution in [0.5, 0.6) is 0 Å². The van der Waals surface area contributed by atoms with Gasteiger partial charge in [-0.25, -0.2) is 8.42 Å². The summed E-state index contributed by atoms with van der Waals surface area (Å²) in [5.41, 5.74) is 1.41. The van der Waals surface area contributed by atoms with Gasteiger partial charge in [0.25, 0.3) is 5.91 Å². The van der Waals surface area contributed by atoms with Gasteiger partial charge in [0.2, 0.25) is 0 Å². The van der Waals surface area contributed by atoms with Crippen molar-refractivity contribution in [1.29, 1.82) is 0 Å². The highest BCUT2D eigenvalue weighted by Gasteiger charge is 2.56. The van der Waals surface area contributed by atoms with E-state index in [1.165, 1.54) is 6.26 Å². The number of benzene rings is 2. The zero-order chi connectivity index (χ0) is 21.7. The fourth-order valence-electron chi connectivity index (χ4n) is 4.01. The van der Waals surface area contributed by atoms with Gasteiger partial charge < -0.3 is 9.73 Å². The Morgan fingerprint density at radius 2 is 1.77 bits per heavy atom. The van der Waals surface area contributed by atoms with Crippen LogP contribution in [0.2, 0.25) is 0 Å². The largest absolute Gasteiger partial charge is 0.455 e. The Hall–Kier alpha value is -2.93. The van der Waals surface area contributed by atoms with Crippen molar-refractivity contribution < 1.29 is 17.6 Å². The van der Waals surface area contributed by atoms with Crippen LogP contribution in [0.25, 0.3) is 22.3 Å².